The molecule has 0 aromatic rings. The maximum absolute atomic E-state index is 11.7. The smallest absolute Gasteiger partial charge is 0.317 e. The molecule has 1 rings (SSSR count). The van der Waals surface area contributed by atoms with Crippen LogP contribution in [-0.2, 0) is 15.6 Å². The van der Waals surface area contributed by atoms with E-state index < -0.39 is 16.8 Å². The van der Waals surface area contributed by atoms with Gasteiger partial charge in [0.05, 0.1) is 0 Å². The lowest BCUT2D eigenvalue weighted by Crippen LogP contribution is -2.47. The number of carboxylic acid groups (broad SMARTS) is 1. The Labute approximate surface area is 109 Å². The second-order valence-corrected chi connectivity index (χ2v) is 6.25. The van der Waals surface area contributed by atoms with Crippen molar-refractivity contribution in [1.82, 2.24) is 10.2 Å². The van der Waals surface area contributed by atoms with Crippen molar-refractivity contribution >= 4 is 22.8 Å². The number of carbonyl (C=O) groups is 2. The molecule has 1 aliphatic heterocycles. The summed E-state index contributed by atoms with van der Waals surface area (Å²) < 4.78 is 11.1. The molecule has 1 heterocycles. The van der Waals surface area contributed by atoms with E-state index in [0.717, 1.165) is 0 Å². The summed E-state index contributed by atoms with van der Waals surface area (Å²) in [5.74, 6) is 0.417. The van der Waals surface area contributed by atoms with E-state index in [0.29, 0.717) is 37.6 Å². The van der Waals surface area contributed by atoms with Crippen LogP contribution in [0.2, 0.25) is 0 Å². The standard InChI is InChI=1S/C11H20N2O4S/c1-9(2-3-10(14)15)8-12-11(16)13-4-6-18(17)7-5-13/h9H,2-8H2,1H3,(H,12,16)(H,14,15). The van der Waals surface area contributed by atoms with Gasteiger partial charge in [-0.05, 0) is 12.3 Å². The molecule has 2 N–H and O–H groups in total. The van der Waals surface area contributed by atoms with E-state index in [1.807, 2.05) is 6.92 Å². The molecule has 0 aromatic heterocycles. The van der Waals surface area contributed by atoms with Gasteiger partial charge in [-0.1, -0.05) is 6.92 Å². The maximum Gasteiger partial charge on any atom is 0.317 e. The van der Waals surface area contributed by atoms with Crippen LogP contribution >= 0.6 is 0 Å². The highest BCUT2D eigenvalue weighted by molar-refractivity contribution is 7.85. The summed E-state index contributed by atoms with van der Waals surface area (Å²) in [5.41, 5.74) is 0. The number of carbonyl (C=O) groups excluding carboxylic acids is 1. The molecule has 1 saturated heterocycles. The van der Waals surface area contributed by atoms with Crippen molar-refractivity contribution in [2.45, 2.75) is 19.8 Å². The van der Waals surface area contributed by atoms with Crippen LogP contribution in [-0.4, -0.2) is 57.4 Å². The van der Waals surface area contributed by atoms with E-state index >= 15 is 0 Å². The molecule has 0 bridgehead atoms. The fourth-order valence-electron chi connectivity index (χ4n) is 1.69. The number of hydrogen-bond acceptors (Lipinski definition) is 3. The van der Waals surface area contributed by atoms with E-state index in [4.69, 9.17) is 5.11 Å². The molecule has 18 heavy (non-hydrogen) atoms. The van der Waals surface area contributed by atoms with Gasteiger partial charge in [-0.3, -0.25) is 9.00 Å². The molecule has 1 atom stereocenters. The minimum atomic E-state index is -0.813. The minimum absolute atomic E-state index is 0.125. The van der Waals surface area contributed by atoms with Crippen LogP contribution in [0.25, 0.3) is 0 Å². The van der Waals surface area contributed by atoms with Gasteiger partial charge in [-0.15, -0.1) is 0 Å². The van der Waals surface area contributed by atoms with Gasteiger partial charge in [-0.2, -0.15) is 0 Å². The molecule has 0 aliphatic carbocycles. The molecular weight excluding hydrogens is 256 g/mol. The first-order valence-corrected chi connectivity index (χ1v) is 7.57. The lowest BCUT2D eigenvalue weighted by molar-refractivity contribution is -0.137. The molecule has 0 aromatic carbocycles. The Kier molecular flexibility index (Phi) is 6.11. The normalized spacial score (nSPS) is 18.4. The Hall–Kier alpha value is -1.11. The molecule has 1 fully saturated rings. The monoisotopic (exact) mass is 276 g/mol. The topological polar surface area (TPSA) is 86.7 Å². The van der Waals surface area contributed by atoms with Crippen LogP contribution in [0.4, 0.5) is 4.79 Å². The van der Waals surface area contributed by atoms with Crippen LogP contribution in [0.1, 0.15) is 19.8 Å². The highest BCUT2D eigenvalue weighted by Gasteiger charge is 2.20. The number of urea groups is 1. The van der Waals surface area contributed by atoms with Gasteiger partial charge in [0, 0.05) is 48.4 Å². The predicted octanol–water partition coefficient (Wildman–Crippen LogP) is 0.261. The van der Waals surface area contributed by atoms with Gasteiger partial charge in [0.15, 0.2) is 0 Å². The number of carboxylic acids is 1. The Morgan fingerprint density at radius 3 is 2.56 bits per heavy atom. The van der Waals surface area contributed by atoms with E-state index in [2.05, 4.69) is 5.32 Å². The van der Waals surface area contributed by atoms with Crippen LogP contribution < -0.4 is 5.32 Å². The molecule has 6 nitrogen and oxygen atoms in total. The third-order valence-corrected chi connectivity index (χ3v) is 4.19. The second-order valence-electron chi connectivity index (χ2n) is 4.56. The highest BCUT2D eigenvalue weighted by atomic mass is 32.2. The molecule has 104 valence electrons. The second kappa shape index (κ2) is 7.35. The zero-order valence-corrected chi connectivity index (χ0v) is 11.4. The van der Waals surface area contributed by atoms with E-state index in [1.54, 1.807) is 4.90 Å². The van der Waals surface area contributed by atoms with Crippen molar-refractivity contribution in [2.75, 3.05) is 31.1 Å². The Morgan fingerprint density at radius 1 is 1.39 bits per heavy atom. The summed E-state index contributed by atoms with van der Waals surface area (Å²) in [5, 5.41) is 11.3. The fourth-order valence-corrected chi connectivity index (χ4v) is 2.74. The largest absolute Gasteiger partial charge is 0.481 e. The predicted molar refractivity (Wildman–Crippen MR) is 68.9 cm³/mol. The average molecular weight is 276 g/mol. The molecule has 0 saturated carbocycles. The van der Waals surface area contributed by atoms with Crippen molar-refractivity contribution in [1.29, 1.82) is 0 Å². The molecule has 2 amide bonds. The first-order chi connectivity index (χ1) is 8.49. The van der Waals surface area contributed by atoms with Gasteiger partial charge in [-0.25, -0.2) is 4.79 Å². The Bertz CT molecular complexity index is 325. The average Bonchev–Trinajstić information content (AvgIpc) is 2.34. The molecule has 1 aliphatic rings. The molecule has 7 heteroatoms. The number of rotatable bonds is 5. The highest BCUT2D eigenvalue weighted by Crippen LogP contribution is 2.05. The molecule has 0 radical (unpaired) electrons. The van der Waals surface area contributed by atoms with Gasteiger partial charge < -0.3 is 15.3 Å². The van der Waals surface area contributed by atoms with Crippen LogP contribution in [0.15, 0.2) is 0 Å². The third kappa shape index (κ3) is 5.48. The SMILES string of the molecule is CC(CCC(=O)O)CNC(=O)N1CCS(=O)CC1. The Balaban J connectivity index is 2.20. The number of aliphatic carboxylic acids is 1. The summed E-state index contributed by atoms with van der Waals surface area (Å²) in [6, 6.07) is -0.145. The van der Waals surface area contributed by atoms with Gasteiger partial charge in [0.1, 0.15) is 0 Å². The third-order valence-electron chi connectivity index (χ3n) is 2.92. The summed E-state index contributed by atoms with van der Waals surface area (Å²) >= 11 is 0. The Morgan fingerprint density at radius 2 is 2.00 bits per heavy atom. The van der Waals surface area contributed by atoms with Gasteiger partial charge >= 0.3 is 12.0 Å². The summed E-state index contributed by atoms with van der Waals surface area (Å²) in [4.78, 5) is 23.8. The van der Waals surface area contributed by atoms with Crippen molar-refractivity contribution in [3.8, 4) is 0 Å². The minimum Gasteiger partial charge on any atom is -0.481 e. The zero-order valence-electron chi connectivity index (χ0n) is 10.6. The van der Waals surface area contributed by atoms with E-state index in [1.165, 1.54) is 0 Å². The van der Waals surface area contributed by atoms with Gasteiger partial charge in [0.25, 0.3) is 0 Å². The lowest BCUT2D eigenvalue weighted by atomic mass is 10.1. The van der Waals surface area contributed by atoms with Crippen molar-refractivity contribution in [2.24, 2.45) is 5.92 Å². The van der Waals surface area contributed by atoms with E-state index in [-0.39, 0.29) is 18.4 Å². The molecular formula is C11H20N2O4S. The van der Waals surface area contributed by atoms with Crippen LogP contribution in [0.5, 0.6) is 0 Å². The van der Waals surface area contributed by atoms with Crippen molar-refractivity contribution in [3.63, 3.8) is 0 Å². The van der Waals surface area contributed by atoms with E-state index in [9.17, 15) is 13.8 Å². The summed E-state index contributed by atoms with van der Waals surface area (Å²) in [6.45, 7) is 3.45. The zero-order chi connectivity index (χ0) is 13.5. The van der Waals surface area contributed by atoms with Gasteiger partial charge in [0.2, 0.25) is 0 Å². The van der Waals surface area contributed by atoms with Crippen LogP contribution in [0.3, 0.4) is 0 Å². The number of nitrogens with one attached hydrogen (secondary N) is 1. The summed E-state index contributed by atoms with van der Waals surface area (Å²) in [6.07, 6.45) is 0.680. The first-order valence-electron chi connectivity index (χ1n) is 6.08. The first kappa shape index (κ1) is 14.9. The fraction of sp³-hybridized carbons (Fsp3) is 0.818. The van der Waals surface area contributed by atoms with Crippen molar-refractivity contribution < 1.29 is 18.9 Å². The maximum atomic E-state index is 11.7. The molecule has 0 spiro atoms. The lowest BCUT2D eigenvalue weighted by Gasteiger charge is -2.27. The number of nitrogens with zero attached hydrogens (tertiary/aromatic N) is 1. The van der Waals surface area contributed by atoms with Crippen LogP contribution in [0, 0.1) is 5.92 Å². The number of amides is 2. The molecule has 1 unspecified atom stereocenters. The summed E-state index contributed by atoms with van der Waals surface area (Å²) in [7, 11) is -0.785. The van der Waals surface area contributed by atoms with Crippen molar-refractivity contribution in [3.05, 3.63) is 0 Å². The number of hydrogen-bond donors (Lipinski definition) is 2. The quantitative estimate of drug-likeness (QED) is 0.754.